The van der Waals surface area contributed by atoms with Gasteiger partial charge in [-0.15, -0.1) is 0 Å². The summed E-state index contributed by atoms with van der Waals surface area (Å²) < 4.78 is 0. The smallest absolute Gasteiger partial charge is 0.129 e. The van der Waals surface area contributed by atoms with E-state index in [0.717, 1.165) is 17.4 Å². The number of pyridine rings is 1. The van der Waals surface area contributed by atoms with E-state index in [1.807, 2.05) is 0 Å². The van der Waals surface area contributed by atoms with Gasteiger partial charge in [0.15, 0.2) is 0 Å². The SMILES string of the molecule is CC1CCC(N(C)c2cc(CN)cc(C(C)(C)C)n2)CC1. The van der Waals surface area contributed by atoms with E-state index in [-0.39, 0.29) is 5.41 Å². The summed E-state index contributed by atoms with van der Waals surface area (Å²) >= 11 is 0. The van der Waals surface area contributed by atoms with E-state index in [1.54, 1.807) is 0 Å². The Labute approximate surface area is 129 Å². The third-order valence-electron chi connectivity index (χ3n) is 4.77. The summed E-state index contributed by atoms with van der Waals surface area (Å²) in [4.78, 5) is 7.29. The molecule has 1 heterocycles. The molecule has 1 aromatic rings. The Balaban J connectivity index is 2.25. The summed E-state index contributed by atoms with van der Waals surface area (Å²) in [5.74, 6) is 1.96. The predicted octanol–water partition coefficient (Wildman–Crippen LogP) is 3.85. The van der Waals surface area contributed by atoms with Crippen LogP contribution in [-0.4, -0.2) is 18.1 Å². The number of hydrogen-bond donors (Lipinski definition) is 1. The van der Waals surface area contributed by atoms with Crippen LogP contribution < -0.4 is 10.6 Å². The fourth-order valence-electron chi connectivity index (χ4n) is 3.07. The van der Waals surface area contributed by atoms with E-state index in [2.05, 4.69) is 51.8 Å². The van der Waals surface area contributed by atoms with E-state index >= 15 is 0 Å². The number of rotatable bonds is 3. The lowest BCUT2D eigenvalue weighted by atomic mass is 9.86. The summed E-state index contributed by atoms with van der Waals surface area (Å²) in [5, 5.41) is 0. The average Bonchev–Trinajstić information content (AvgIpc) is 2.46. The van der Waals surface area contributed by atoms with Crippen LogP contribution in [0.15, 0.2) is 12.1 Å². The third kappa shape index (κ3) is 3.97. The molecule has 0 unspecified atom stereocenters. The molecule has 0 atom stereocenters. The summed E-state index contributed by atoms with van der Waals surface area (Å²) in [6.07, 6.45) is 5.21. The van der Waals surface area contributed by atoms with Gasteiger partial charge in [0, 0.05) is 30.7 Å². The highest BCUT2D eigenvalue weighted by molar-refractivity contribution is 5.44. The van der Waals surface area contributed by atoms with Crippen molar-refractivity contribution in [3.8, 4) is 0 Å². The van der Waals surface area contributed by atoms with Crippen LogP contribution in [0.5, 0.6) is 0 Å². The summed E-state index contributed by atoms with van der Waals surface area (Å²) in [6.45, 7) is 9.57. The first-order valence-corrected chi connectivity index (χ1v) is 8.25. The van der Waals surface area contributed by atoms with E-state index in [9.17, 15) is 0 Å². The van der Waals surface area contributed by atoms with Gasteiger partial charge in [-0.25, -0.2) is 4.98 Å². The van der Waals surface area contributed by atoms with Crippen LogP contribution in [-0.2, 0) is 12.0 Å². The van der Waals surface area contributed by atoms with Crippen molar-refractivity contribution in [1.29, 1.82) is 0 Å². The van der Waals surface area contributed by atoms with Crippen molar-refractivity contribution in [1.82, 2.24) is 4.98 Å². The van der Waals surface area contributed by atoms with Crippen molar-refractivity contribution in [3.63, 3.8) is 0 Å². The Kier molecular flexibility index (Phi) is 4.92. The molecule has 1 aliphatic rings. The van der Waals surface area contributed by atoms with Gasteiger partial charge in [0.05, 0.1) is 0 Å². The molecule has 2 rings (SSSR count). The average molecular weight is 289 g/mol. The van der Waals surface area contributed by atoms with Crippen molar-refractivity contribution >= 4 is 5.82 Å². The Hall–Kier alpha value is -1.09. The van der Waals surface area contributed by atoms with Crippen LogP contribution in [0.2, 0.25) is 0 Å². The second-order valence-electron chi connectivity index (χ2n) is 7.70. The summed E-state index contributed by atoms with van der Waals surface area (Å²) in [5.41, 5.74) is 8.26. The molecule has 1 aliphatic carbocycles. The third-order valence-corrected chi connectivity index (χ3v) is 4.77. The van der Waals surface area contributed by atoms with Crippen molar-refractivity contribution in [2.24, 2.45) is 11.7 Å². The zero-order valence-electron chi connectivity index (χ0n) is 14.3. The van der Waals surface area contributed by atoms with Gasteiger partial charge in [0.2, 0.25) is 0 Å². The molecule has 118 valence electrons. The van der Waals surface area contributed by atoms with Crippen LogP contribution >= 0.6 is 0 Å². The lowest BCUT2D eigenvalue weighted by Gasteiger charge is -2.35. The van der Waals surface area contributed by atoms with Gasteiger partial charge in [0.25, 0.3) is 0 Å². The molecule has 1 saturated carbocycles. The zero-order valence-corrected chi connectivity index (χ0v) is 14.3. The molecule has 2 N–H and O–H groups in total. The van der Waals surface area contributed by atoms with Gasteiger partial charge in [-0.3, -0.25) is 0 Å². The fraction of sp³-hybridized carbons (Fsp3) is 0.722. The normalized spacial score (nSPS) is 23.1. The number of nitrogens with two attached hydrogens (primary N) is 1. The monoisotopic (exact) mass is 289 g/mol. The molecule has 0 saturated heterocycles. The lowest BCUT2D eigenvalue weighted by Crippen LogP contribution is -2.35. The van der Waals surface area contributed by atoms with Gasteiger partial charge in [-0.1, -0.05) is 27.7 Å². The summed E-state index contributed by atoms with van der Waals surface area (Å²) in [6, 6.07) is 4.93. The minimum Gasteiger partial charge on any atom is -0.357 e. The molecule has 3 nitrogen and oxygen atoms in total. The van der Waals surface area contributed by atoms with Gasteiger partial charge < -0.3 is 10.6 Å². The van der Waals surface area contributed by atoms with E-state index in [0.29, 0.717) is 12.6 Å². The minimum atomic E-state index is 0.0574. The maximum atomic E-state index is 5.88. The first-order chi connectivity index (χ1) is 9.81. The number of hydrogen-bond acceptors (Lipinski definition) is 3. The molecule has 21 heavy (non-hydrogen) atoms. The molecule has 0 aliphatic heterocycles. The quantitative estimate of drug-likeness (QED) is 0.919. The summed E-state index contributed by atoms with van der Waals surface area (Å²) in [7, 11) is 2.19. The Morgan fingerprint density at radius 2 is 1.81 bits per heavy atom. The molecule has 1 fully saturated rings. The van der Waals surface area contributed by atoms with Gasteiger partial charge in [-0.05, 0) is 49.3 Å². The Morgan fingerprint density at radius 3 is 2.33 bits per heavy atom. The zero-order chi connectivity index (χ0) is 15.6. The highest BCUT2D eigenvalue weighted by Crippen LogP contribution is 2.30. The highest BCUT2D eigenvalue weighted by Gasteiger charge is 2.24. The number of nitrogens with zero attached hydrogens (tertiary/aromatic N) is 2. The molecule has 1 aromatic heterocycles. The standard InChI is InChI=1S/C18H31N3/c1-13-6-8-15(9-7-13)21(5)17-11-14(12-19)10-16(20-17)18(2,3)4/h10-11,13,15H,6-9,12,19H2,1-5H3. The van der Waals surface area contributed by atoms with Crippen molar-refractivity contribution in [3.05, 3.63) is 23.4 Å². The van der Waals surface area contributed by atoms with E-state index in [1.165, 1.54) is 31.2 Å². The van der Waals surface area contributed by atoms with Gasteiger partial charge in [-0.2, -0.15) is 0 Å². The minimum absolute atomic E-state index is 0.0574. The van der Waals surface area contributed by atoms with E-state index in [4.69, 9.17) is 10.7 Å². The fourth-order valence-corrected chi connectivity index (χ4v) is 3.07. The largest absolute Gasteiger partial charge is 0.357 e. The first kappa shape index (κ1) is 16.3. The maximum absolute atomic E-state index is 5.88. The molecule has 0 aromatic carbocycles. The second kappa shape index (κ2) is 6.35. The van der Waals surface area contributed by atoms with Crippen LogP contribution in [0.1, 0.15) is 64.6 Å². The maximum Gasteiger partial charge on any atom is 0.129 e. The van der Waals surface area contributed by atoms with E-state index < -0.39 is 0 Å². The van der Waals surface area contributed by atoms with Crippen LogP contribution in [0.3, 0.4) is 0 Å². The topological polar surface area (TPSA) is 42.1 Å². The molecule has 0 bridgehead atoms. The molecule has 3 heteroatoms. The lowest BCUT2D eigenvalue weighted by molar-refractivity contribution is 0.339. The molecule has 0 amide bonds. The van der Waals surface area contributed by atoms with Crippen LogP contribution in [0, 0.1) is 5.92 Å². The van der Waals surface area contributed by atoms with Gasteiger partial charge >= 0.3 is 0 Å². The Bertz CT molecular complexity index is 468. The Morgan fingerprint density at radius 1 is 1.19 bits per heavy atom. The highest BCUT2D eigenvalue weighted by atomic mass is 15.2. The first-order valence-electron chi connectivity index (χ1n) is 8.25. The van der Waals surface area contributed by atoms with Crippen LogP contribution in [0.25, 0.3) is 0 Å². The molecule has 0 spiro atoms. The second-order valence-corrected chi connectivity index (χ2v) is 7.70. The number of aromatic nitrogens is 1. The van der Waals surface area contributed by atoms with Crippen molar-refractivity contribution in [2.45, 2.75) is 71.4 Å². The predicted molar refractivity (Wildman–Crippen MR) is 90.7 cm³/mol. The van der Waals surface area contributed by atoms with Crippen molar-refractivity contribution in [2.75, 3.05) is 11.9 Å². The van der Waals surface area contributed by atoms with Crippen molar-refractivity contribution < 1.29 is 0 Å². The van der Waals surface area contributed by atoms with Gasteiger partial charge in [0.1, 0.15) is 5.82 Å². The molecule has 0 radical (unpaired) electrons. The molecular weight excluding hydrogens is 258 g/mol. The van der Waals surface area contributed by atoms with Crippen LogP contribution in [0.4, 0.5) is 5.82 Å². The molecular formula is C18H31N3. The number of anilines is 1.